The predicted octanol–water partition coefficient (Wildman–Crippen LogP) is 1.80. The number of carbonyl (C=O) groups excluding carboxylic acids is 2. The number of aryl methyl sites for hydroxylation is 1. The van der Waals surface area contributed by atoms with Gasteiger partial charge in [0.25, 0.3) is 10.0 Å². The third-order valence-corrected chi connectivity index (χ3v) is 7.04. The van der Waals surface area contributed by atoms with E-state index < -0.39 is 10.0 Å². The Kier molecular flexibility index (Phi) is 6.22. The number of piperazine rings is 1. The summed E-state index contributed by atoms with van der Waals surface area (Å²) in [7, 11) is -3.92. The Hall–Kier alpha value is -2.87. The predicted molar refractivity (Wildman–Crippen MR) is 111 cm³/mol. The highest BCUT2D eigenvalue weighted by Gasteiger charge is 2.31. The Bertz CT molecular complexity index is 984. The van der Waals surface area contributed by atoms with Gasteiger partial charge in [-0.1, -0.05) is 30.3 Å². The summed E-state index contributed by atoms with van der Waals surface area (Å²) < 4.78 is 28.0. The van der Waals surface area contributed by atoms with Crippen molar-refractivity contribution in [2.45, 2.75) is 18.7 Å². The molecule has 2 aromatic carbocycles. The van der Waals surface area contributed by atoms with E-state index in [0.29, 0.717) is 31.9 Å². The van der Waals surface area contributed by atoms with E-state index in [1.54, 1.807) is 40.1 Å². The molecule has 0 bridgehead atoms. The van der Waals surface area contributed by atoms with E-state index in [4.69, 9.17) is 0 Å². The maximum atomic E-state index is 13.4. The van der Waals surface area contributed by atoms with E-state index in [-0.39, 0.29) is 17.3 Å². The fourth-order valence-electron chi connectivity index (χ4n) is 3.32. The molecule has 0 unspecified atom stereocenters. The SMILES string of the molecule is Cc1cccc(N(CC(=O)N2CCN(C=O)CC2)S(=O)(=O)c2ccccc2)c1C. The molecule has 0 aliphatic carbocycles. The van der Waals surface area contributed by atoms with Crippen LogP contribution in [0.15, 0.2) is 53.4 Å². The van der Waals surface area contributed by atoms with Gasteiger partial charge in [0.05, 0.1) is 10.6 Å². The second kappa shape index (κ2) is 8.65. The normalized spacial score (nSPS) is 14.6. The van der Waals surface area contributed by atoms with Gasteiger partial charge in [-0.2, -0.15) is 0 Å². The summed E-state index contributed by atoms with van der Waals surface area (Å²) in [5.74, 6) is -0.282. The van der Waals surface area contributed by atoms with Crippen LogP contribution in [0.4, 0.5) is 5.69 Å². The quantitative estimate of drug-likeness (QED) is 0.674. The fourth-order valence-corrected chi connectivity index (χ4v) is 4.82. The second-order valence-corrected chi connectivity index (χ2v) is 8.93. The molecule has 154 valence electrons. The first-order valence-corrected chi connectivity index (χ1v) is 10.9. The zero-order valence-corrected chi connectivity index (χ0v) is 17.4. The van der Waals surface area contributed by atoms with Gasteiger partial charge in [0, 0.05) is 26.2 Å². The summed E-state index contributed by atoms with van der Waals surface area (Å²) >= 11 is 0. The minimum atomic E-state index is -3.92. The van der Waals surface area contributed by atoms with Crippen molar-refractivity contribution in [2.75, 3.05) is 37.0 Å². The molecule has 1 heterocycles. The van der Waals surface area contributed by atoms with Crippen LogP contribution >= 0.6 is 0 Å². The van der Waals surface area contributed by atoms with Crippen LogP contribution in [0, 0.1) is 13.8 Å². The third-order valence-electron chi connectivity index (χ3n) is 5.27. The molecule has 0 atom stereocenters. The molecule has 8 heteroatoms. The van der Waals surface area contributed by atoms with Crippen LogP contribution in [0.1, 0.15) is 11.1 Å². The molecule has 3 rings (SSSR count). The molecule has 1 aliphatic rings. The average molecular weight is 416 g/mol. The molecule has 0 aromatic heterocycles. The van der Waals surface area contributed by atoms with Crippen molar-refractivity contribution in [1.29, 1.82) is 0 Å². The largest absolute Gasteiger partial charge is 0.342 e. The Labute approximate surface area is 171 Å². The lowest BCUT2D eigenvalue weighted by Crippen LogP contribution is -2.51. The van der Waals surface area contributed by atoms with Crippen molar-refractivity contribution in [3.63, 3.8) is 0 Å². The van der Waals surface area contributed by atoms with E-state index in [1.807, 2.05) is 19.9 Å². The fraction of sp³-hybridized carbons (Fsp3) is 0.333. The van der Waals surface area contributed by atoms with Crippen LogP contribution in [0.5, 0.6) is 0 Å². The number of sulfonamides is 1. The molecule has 2 amide bonds. The van der Waals surface area contributed by atoms with Crippen LogP contribution in [0.2, 0.25) is 0 Å². The number of hydrogen-bond acceptors (Lipinski definition) is 4. The molecule has 2 aromatic rings. The molecule has 0 N–H and O–H groups in total. The van der Waals surface area contributed by atoms with Gasteiger partial charge in [-0.15, -0.1) is 0 Å². The van der Waals surface area contributed by atoms with Gasteiger partial charge in [-0.3, -0.25) is 13.9 Å². The third kappa shape index (κ3) is 4.42. The maximum Gasteiger partial charge on any atom is 0.264 e. The Morgan fingerprint density at radius 1 is 1.00 bits per heavy atom. The summed E-state index contributed by atoms with van der Waals surface area (Å²) in [5.41, 5.74) is 2.25. The average Bonchev–Trinajstić information content (AvgIpc) is 2.74. The molecule has 1 fully saturated rings. The van der Waals surface area contributed by atoms with E-state index in [2.05, 4.69) is 0 Å². The molecule has 1 aliphatic heterocycles. The van der Waals surface area contributed by atoms with Gasteiger partial charge >= 0.3 is 0 Å². The van der Waals surface area contributed by atoms with Crippen molar-refractivity contribution >= 4 is 28.0 Å². The molecule has 29 heavy (non-hydrogen) atoms. The summed E-state index contributed by atoms with van der Waals surface area (Å²) in [5, 5.41) is 0. The molecular weight excluding hydrogens is 390 g/mol. The van der Waals surface area contributed by atoms with Crippen LogP contribution in [-0.4, -0.2) is 63.3 Å². The summed E-state index contributed by atoms with van der Waals surface area (Å²) in [6.45, 7) is 5.15. The first-order chi connectivity index (χ1) is 13.8. The topological polar surface area (TPSA) is 78.0 Å². The van der Waals surface area contributed by atoms with Gasteiger partial charge in [0.2, 0.25) is 12.3 Å². The lowest BCUT2D eigenvalue weighted by atomic mass is 10.1. The van der Waals surface area contributed by atoms with Gasteiger partial charge in [-0.25, -0.2) is 8.42 Å². The maximum absolute atomic E-state index is 13.4. The number of carbonyl (C=O) groups is 2. The van der Waals surface area contributed by atoms with Gasteiger partial charge in [0.15, 0.2) is 0 Å². The smallest absolute Gasteiger partial charge is 0.264 e. The number of anilines is 1. The second-order valence-electron chi connectivity index (χ2n) is 7.07. The van der Waals surface area contributed by atoms with Crippen LogP contribution in [0.25, 0.3) is 0 Å². The number of nitrogens with zero attached hydrogens (tertiary/aromatic N) is 3. The van der Waals surface area contributed by atoms with Gasteiger partial charge in [0.1, 0.15) is 6.54 Å². The first-order valence-electron chi connectivity index (χ1n) is 9.45. The molecule has 0 saturated carbocycles. The van der Waals surface area contributed by atoms with Crippen molar-refractivity contribution in [2.24, 2.45) is 0 Å². The minimum Gasteiger partial charge on any atom is -0.342 e. The van der Waals surface area contributed by atoms with E-state index >= 15 is 0 Å². The highest BCUT2D eigenvalue weighted by atomic mass is 32.2. The van der Waals surface area contributed by atoms with Crippen LogP contribution < -0.4 is 4.31 Å². The number of hydrogen-bond donors (Lipinski definition) is 0. The Morgan fingerprint density at radius 2 is 1.66 bits per heavy atom. The molecule has 1 saturated heterocycles. The van der Waals surface area contributed by atoms with Crippen molar-refractivity contribution < 1.29 is 18.0 Å². The number of amides is 2. The monoisotopic (exact) mass is 415 g/mol. The van der Waals surface area contributed by atoms with E-state index in [1.165, 1.54) is 16.4 Å². The number of rotatable bonds is 6. The van der Waals surface area contributed by atoms with Crippen LogP contribution in [-0.2, 0) is 19.6 Å². The highest BCUT2D eigenvalue weighted by molar-refractivity contribution is 7.92. The molecular formula is C21H25N3O4S. The summed E-state index contributed by atoms with van der Waals surface area (Å²) in [6.07, 6.45) is 0.768. The van der Waals surface area contributed by atoms with Crippen molar-refractivity contribution in [3.05, 3.63) is 59.7 Å². The molecule has 0 radical (unpaired) electrons. The zero-order valence-electron chi connectivity index (χ0n) is 16.6. The first kappa shape index (κ1) is 20.9. The molecule has 7 nitrogen and oxygen atoms in total. The lowest BCUT2D eigenvalue weighted by molar-refractivity contribution is -0.133. The van der Waals surface area contributed by atoms with E-state index in [0.717, 1.165) is 17.5 Å². The van der Waals surface area contributed by atoms with E-state index in [9.17, 15) is 18.0 Å². The van der Waals surface area contributed by atoms with Crippen LogP contribution in [0.3, 0.4) is 0 Å². The van der Waals surface area contributed by atoms with Crippen molar-refractivity contribution in [1.82, 2.24) is 9.80 Å². The van der Waals surface area contributed by atoms with Gasteiger partial charge < -0.3 is 9.80 Å². The summed E-state index contributed by atoms with van der Waals surface area (Å²) in [4.78, 5) is 27.2. The van der Waals surface area contributed by atoms with Crippen molar-refractivity contribution in [3.8, 4) is 0 Å². The highest BCUT2D eigenvalue weighted by Crippen LogP contribution is 2.28. The Balaban J connectivity index is 1.95. The lowest BCUT2D eigenvalue weighted by Gasteiger charge is -2.34. The molecule has 0 spiro atoms. The standard InChI is InChI=1S/C21H25N3O4S/c1-17-7-6-10-20(18(17)2)24(29(27,28)19-8-4-3-5-9-19)15-21(26)23-13-11-22(16-25)12-14-23/h3-10,16H,11-15H2,1-2H3. The zero-order chi connectivity index (χ0) is 21.0. The minimum absolute atomic E-state index is 0.138. The van der Waals surface area contributed by atoms with Gasteiger partial charge in [-0.05, 0) is 43.2 Å². The summed E-state index contributed by atoms with van der Waals surface area (Å²) in [6, 6.07) is 13.6. The Morgan fingerprint density at radius 3 is 2.28 bits per heavy atom. The number of benzene rings is 2.